The van der Waals surface area contributed by atoms with Crippen molar-refractivity contribution in [2.24, 2.45) is 4.99 Å². The zero-order valence-electron chi connectivity index (χ0n) is 12.1. The minimum absolute atomic E-state index is 0.246. The van der Waals surface area contributed by atoms with Gasteiger partial charge >= 0.3 is 0 Å². The number of rotatable bonds is 2. The summed E-state index contributed by atoms with van der Waals surface area (Å²) in [5, 5.41) is 8.90. The van der Waals surface area contributed by atoms with Gasteiger partial charge in [-0.25, -0.2) is 0 Å². The first-order valence-electron chi connectivity index (χ1n) is 6.97. The number of ether oxygens (including phenoxy) is 1. The van der Waals surface area contributed by atoms with Gasteiger partial charge < -0.3 is 4.74 Å². The average Bonchev–Trinajstić information content (AvgIpc) is 2.53. The lowest BCUT2D eigenvalue weighted by molar-refractivity contribution is 0.414. The lowest BCUT2D eigenvalue weighted by atomic mass is 9.90. The normalized spacial score (nSPS) is 16.6. The van der Waals surface area contributed by atoms with Crippen LogP contribution in [0.1, 0.15) is 29.2 Å². The van der Waals surface area contributed by atoms with E-state index < -0.39 is 0 Å². The first kappa shape index (κ1) is 13.4. The van der Waals surface area contributed by atoms with Gasteiger partial charge in [0.15, 0.2) is 0 Å². The molecule has 0 saturated heterocycles. The number of nitriles is 1. The molecule has 1 aliphatic heterocycles. The summed E-state index contributed by atoms with van der Waals surface area (Å²) in [4.78, 5) is 4.80. The molecule has 0 fully saturated rings. The molecule has 104 valence electrons. The highest BCUT2D eigenvalue weighted by atomic mass is 16.5. The Hall–Kier alpha value is -2.60. The van der Waals surface area contributed by atoms with Crippen molar-refractivity contribution in [3.8, 4) is 11.8 Å². The van der Waals surface area contributed by atoms with Crippen molar-refractivity contribution in [3.63, 3.8) is 0 Å². The van der Waals surface area contributed by atoms with Gasteiger partial charge in [0.1, 0.15) is 5.75 Å². The summed E-state index contributed by atoms with van der Waals surface area (Å²) in [5.41, 5.74) is 5.12. The first-order valence-corrected chi connectivity index (χ1v) is 6.97. The van der Waals surface area contributed by atoms with Gasteiger partial charge in [-0.15, -0.1) is 0 Å². The molecule has 1 atom stereocenters. The van der Waals surface area contributed by atoms with Crippen LogP contribution < -0.4 is 4.74 Å². The smallest absolute Gasteiger partial charge is 0.119 e. The molecule has 3 nitrogen and oxygen atoms in total. The molecule has 0 amide bonds. The van der Waals surface area contributed by atoms with Crippen LogP contribution in [-0.4, -0.2) is 18.9 Å². The third kappa shape index (κ3) is 2.53. The molecule has 0 radical (unpaired) electrons. The Bertz CT molecular complexity index is 739. The van der Waals surface area contributed by atoms with E-state index in [-0.39, 0.29) is 6.04 Å². The first-order chi connectivity index (χ1) is 10.2. The molecule has 0 saturated carbocycles. The van der Waals surface area contributed by atoms with Gasteiger partial charge in [0.05, 0.1) is 30.5 Å². The van der Waals surface area contributed by atoms with Crippen LogP contribution in [-0.2, 0) is 6.42 Å². The second-order valence-corrected chi connectivity index (χ2v) is 5.24. The predicted molar refractivity (Wildman–Crippen MR) is 83.0 cm³/mol. The van der Waals surface area contributed by atoms with Gasteiger partial charge in [0.25, 0.3) is 0 Å². The molecular weight excluding hydrogens is 260 g/mol. The zero-order chi connectivity index (χ0) is 14.8. The highest BCUT2D eigenvalue weighted by Gasteiger charge is 2.20. The maximum absolute atomic E-state index is 8.90. The molecule has 1 aliphatic rings. The highest BCUT2D eigenvalue weighted by molar-refractivity contribution is 6.14. The van der Waals surface area contributed by atoms with E-state index in [9.17, 15) is 0 Å². The number of hydrogen-bond acceptors (Lipinski definition) is 3. The zero-order valence-corrected chi connectivity index (χ0v) is 12.1. The van der Waals surface area contributed by atoms with Crippen molar-refractivity contribution in [2.75, 3.05) is 7.11 Å². The number of hydrogen-bond donors (Lipinski definition) is 0. The fraction of sp³-hybridized carbons (Fsp3) is 0.222. The molecule has 0 spiro atoms. The Kier molecular flexibility index (Phi) is 3.45. The number of aliphatic imine (C=N–C) groups is 1. The molecule has 0 aliphatic carbocycles. The van der Waals surface area contributed by atoms with Crippen molar-refractivity contribution >= 4 is 5.71 Å². The fourth-order valence-corrected chi connectivity index (χ4v) is 2.68. The monoisotopic (exact) mass is 276 g/mol. The SMILES string of the molecule is COc1ccc2c(c1)C[C@H](C)N=C2c1ccc(C#N)cc1. The van der Waals surface area contributed by atoms with Gasteiger partial charge in [-0.05, 0) is 49.2 Å². The molecule has 2 aromatic rings. The summed E-state index contributed by atoms with van der Waals surface area (Å²) in [6.45, 7) is 2.12. The Balaban J connectivity index is 2.08. The molecule has 0 N–H and O–H groups in total. The summed E-state index contributed by atoms with van der Waals surface area (Å²) in [6.07, 6.45) is 0.923. The van der Waals surface area contributed by atoms with E-state index in [0.29, 0.717) is 5.56 Å². The highest BCUT2D eigenvalue weighted by Crippen LogP contribution is 2.27. The minimum atomic E-state index is 0.246. The molecular formula is C18H16N2O. The van der Waals surface area contributed by atoms with Crippen molar-refractivity contribution < 1.29 is 4.74 Å². The standard InChI is InChI=1S/C18H16N2O/c1-12-9-15-10-16(21-2)7-8-17(15)18(20-12)14-5-3-13(11-19)4-6-14/h3-8,10,12H,9H2,1-2H3/t12-/m0/s1. The van der Waals surface area contributed by atoms with Crippen LogP contribution in [0.4, 0.5) is 0 Å². The van der Waals surface area contributed by atoms with Crippen LogP contribution in [0.5, 0.6) is 5.75 Å². The van der Waals surface area contributed by atoms with E-state index in [4.69, 9.17) is 15.0 Å². The number of benzene rings is 2. The molecule has 1 heterocycles. The topological polar surface area (TPSA) is 45.4 Å². The Morgan fingerprint density at radius 2 is 1.95 bits per heavy atom. The summed E-state index contributed by atoms with van der Waals surface area (Å²) in [5.74, 6) is 0.877. The van der Waals surface area contributed by atoms with Gasteiger partial charge in [0, 0.05) is 11.1 Å². The number of methoxy groups -OCH3 is 1. The summed E-state index contributed by atoms with van der Waals surface area (Å²) in [7, 11) is 1.68. The van der Waals surface area contributed by atoms with Crippen LogP contribution in [0, 0.1) is 11.3 Å². The minimum Gasteiger partial charge on any atom is -0.497 e. The predicted octanol–water partition coefficient (Wildman–Crippen LogP) is 3.35. The molecule has 2 aromatic carbocycles. The second-order valence-electron chi connectivity index (χ2n) is 5.24. The van der Waals surface area contributed by atoms with Crippen LogP contribution in [0.25, 0.3) is 0 Å². The van der Waals surface area contributed by atoms with Crippen molar-refractivity contribution in [3.05, 3.63) is 64.7 Å². The maximum atomic E-state index is 8.90. The molecule has 3 rings (SSSR count). The van der Waals surface area contributed by atoms with Crippen molar-refractivity contribution in [1.82, 2.24) is 0 Å². The van der Waals surface area contributed by atoms with Crippen molar-refractivity contribution in [1.29, 1.82) is 5.26 Å². The molecule has 0 unspecified atom stereocenters. The van der Waals surface area contributed by atoms with E-state index in [1.807, 2.05) is 30.3 Å². The second kappa shape index (κ2) is 5.41. The maximum Gasteiger partial charge on any atom is 0.119 e. The van der Waals surface area contributed by atoms with Crippen molar-refractivity contribution in [2.45, 2.75) is 19.4 Å². The third-order valence-electron chi connectivity index (χ3n) is 3.72. The van der Waals surface area contributed by atoms with E-state index >= 15 is 0 Å². The average molecular weight is 276 g/mol. The summed E-state index contributed by atoms with van der Waals surface area (Å²) in [6, 6.07) is 16.1. The molecule has 3 heteroatoms. The quantitative estimate of drug-likeness (QED) is 0.844. The molecule has 21 heavy (non-hydrogen) atoms. The molecule has 0 aromatic heterocycles. The van der Waals surface area contributed by atoms with Crippen LogP contribution in [0.15, 0.2) is 47.5 Å². The largest absolute Gasteiger partial charge is 0.497 e. The Morgan fingerprint density at radius 1 is 1.19 bits per heavy atom. The summed E-state index contributed by atoms with van der Waals surface area (Å²) >= 11 is 0. The van der Waals surface area contributed by atoms with Gasteiger partial charge in [-0.3, -0.25) is 4.99 Å². The fourth-order valence-electron chi connectivity index (χ4n) is 2.68. The van der Waals surface area contributed by atoms with E-state index in [1.165, 1.54) is 5.56 Å². The Morgan fingerprint density at radius 3 is 2.62 bits per heavy atom. The third-order valence-corrected chi connectivity index (χ3v) is 3.72. The number of nitrogens with zero attached hydrogens (tertiary/aromatic N) is 2. The number of fused-ring (bicyclic) bond motifs is 1. The lowest BCUT2D eigenvalue weighted by Gasteiger charge is -2.22. The lowest BCUT2D eigenvalue weighted by Crippen LogP contribution is -2.19. The van der Waals surface area contributed by atoms with Gasteiger partial charge in [-0.1, -0.05) is 12.1 Å². The van der Waals surface area contributed by atoms with Crippen LogP contribution in [0.3, 0.4) is 0 Å². The Labute approximate surface area is 124 Å². The van der Waals surface area contributed by atoms with Crippen LogP contribution in [0.2, 0.25) is 0 Å². The summed E-state index contributed by atoms with van der Waals surface area (Å²) < 4.78 is 5.31. The van der Waals surface area contributed by atoms with Gasteiger partial charge in [-0.2, -0.15) is 5.26 Å². The van der Waals surface area contributed by atoms with E-state index in [1.54, 1.807) is 7.11 Å². The molecule has 0 bridgehead atoms. The van der Waals surface area contributed by atoms with Crippen LogP contribution >= 0.6 is 0 Å². The van der Waals surface area contributed by atoms with E-state index in [0.717, 1.165) is 29.0 Å². The van der Waals surface area contributed by atoms with Gasteiger partial charge in [0.2, 0.25) is 0 Å². The van der Waals surface area contributed by atoms with E-state index in [2.05, 4.69) is 25.1 Å².